The SMILES string of the molecule is CN=C(NCc1ccccc1C)NCC1CCCN(Cc2cccs2)C1.I. The van der Waals surface area contributed by atoms with Gasteiger partial charge in [-0.3, -0.25) is 9.89 Å². The molecule has 2 N–H and O–H groups in total. The fourth-order valence-corrected chi connectivity index (χ4v) is 4.28. The largest absolute Gasteiger partial charge is 0.356 e. The van der Waals surface area contributed by atoms with Crippen LogP contribution in [0.1, 0.15) is 28.8 Å². The minimum Gasteiger partial charge on any atom is -0.356 e. The Hall–Kier alpha value is -1.12. The number of benzene rings is 1. The van der Waals surface area contributed by atoms with E-state index in [4.69, 9.17) is 0 Å². The van der Waals surface area contributed by atoms with Gasteiger partial charge in [-0.25, -0.2) is 0 Å². The molecule has 1 unspecified atom stereocenters. The normalized spacial score (nSPS) is 18.0. The van der Waals surface area contributed by atoms with Gasteiger partial charge in [-0.1, -0.05) is 30.3 Å². The van der Waals surface area contributed by atoms with Gasteiger partial charge in [0, 0.05) is 38.1 Å². The molecule has 0 bridgehead atoms. The summed E-state index contributed by atoms with van der Waals surface area (Å²) in [6, 6.07) is 12.9. The number of guanidine groups is 1. The first-order chi connectivity index (χ1) is 12.7. The molecule has 2 heterocycles. The molecule has 1 aliphatic heterocycles. The molecule has 0 aliphatic carbocycles. The van der Waals surface area contributed by atoms with Crippen molar-refractivity contribution in [2.45, 2.75) is 32.9 Å². The first kappa shape index (κ1) is 22.2. The number of rotatable bonds is 6. The lowest BCUT2D eigenvalue weighted by Crippen LogP contribution is -2.44. The molecule has 27 heavy (non-hydrogen) atoms. The van der Waals surface area contributed by atoms with Gasteiger partial charge in [-0.15, -0.1) is 35.3 Å². The molecule has 6 heteroatoms. The zero-order valence-electron chi connectivity index (χ0n) is 16.3. The monoisotopic (exact) mass is 498 g/mol. The minimum atomic E-state index is 0. The predicted octanol–water partition coefficient (Wildman–Crippen LogP) is 4.25. The lowest BCUT2D eigenvalue weighted by atomic mass is 9.98. The van der Waals surface area contributed by atoms with Crippen LogP contribution in [-0.2, 0) is 13.1 Å². The zero-order chi connectivity index (χ0) is 18.2. The molecule has 0 amide bonds. The van der Waals surface area contributed by atoms with Gasteiger partial charge in [-0.2, -0.15) is 0 Å². The van der Waals surface area contributed by atoms with E-state index >= 15 is 0 Å². The van der Waals surface area contributed by atoms with E-state index < -0.39 is 0 Å². The second-order valence-electron chi connectivity index (χ2n) is 7.06. The third kappa shape index (κ3) is 7.08. The molecule has 2 aromatic rings. The first-order valence-corrected chi connectivity index (χ1v) is 10.4. The number of nitrogens with zero attached hydrogens (tertiary/aromatic N) is 2. The lowest BCUT2D eigenvalue weighted by Gasteiger charge is -2.32. The van der Waals surface area contributed by atoms with Gasteiger partial charge >= 0.3 is 0 Å². The highest BCUT2D eigenvalue weighted by molar-refractivity contribution is 14.0. The van der Waals surface area contributed by atoms with Crippen LogP contribution >= 0.6 is 35.3 Å². The van der Waals surface area contributed by atoms with Gasteiger partial charge in [-0.05, 0) is 54.8 Å². The van der Waals surface area contributed by atoms with E-state index in [2.05, 4.69) is 69.2 Å². The summed E-state index contributed by atoms with van der Waals surface area (Å²) in [5, 5.41) is 9.13. The minimum absolute atomic E-state index is 0. The molecule has 1 aromatic carbocycles. The number of aryl methyl sites for hydroxylation is 1. The number of thiophene rings is 1. The van der Waals surface area contributed by atoms with Crippen LogP contribution in [-0.4, -0.2) is 37.5 Å². The maximum absolute atomic E-state index is 4.38. The van der Waals surface area contributed by atoms with Gasteiger partial charge < -0.3 is 10.6 Å². The summed E-state index contributed by atoms with van der Waals surface area (Å²) in [4.78, 5) is 8.43. The summed E-state index contributed by atoms with van der Waals surface area (Å²) >= 11 is 1.86. The smallest absolute Gasteiger partial charge is 0.191 e. The molecule has 3 rings (SSSR count). The van der Waals surface area contributed by atoms with Crippen molar-refractivity contribution in [3.63, 3.8) is 0 Å². The van der Waals surface area contributed by atoms with Crippen LogP contribution in [0.15, 0.2) is 46.8 Å². The predicted molar refractivity (Wildman–Crippen MR) is 127 cm³/mol. The van der Waals surface area contributed by atoms with Crippen molar-refractivity contribution in [3.8, 4) is 0 Å². The third-order valence-electron chi connectivity index (χ3n) is 5.05. The van der Waals surface area contributed by atoms with E-state index in [1.165, 1.54) is 41.9 Å². The van der Waals surface area contributed by atoms with E-state index in [9.17, 15) is 0 Å². The van der Waals surface area contributed by atoms with E-state index in [1.54, 1.807) is 0 Å². The van der Waals surface area contributed by atoms with Crippen molar-refractivity contribution >= 4 is 41.3 Å². The Kier molecular flexibility index (Phi) is 9.58. The Bertz CT molecular complexity index is 702. The van der Waals surface area contributed by atoms with E-state index in [-0.39, 0.29) is 24.0 Å². The average Bonchev–Trinajstić information content (AvgIpc) is 3.16. The molecule has 4 nitrogen and oxygen atoms in total. The summed E-state index contributed by atoms with van der Waals surface area (Å²) in [6.45, 7) is 7.41. The maximum Gasteiger partial charge on any atom is 0.191 e. The summed E-state index contributed by atoms with van der Waals surface area (Å²) in [7, 11) is 1.84. The van der Waals surface area contributed by atoms with Gasteiger partial charge in [0.2, 0.25) is 0 Å². The van der Waals surface area contributed by atoms with Crippen molar-refractivity contribution in [1.82, 2.24) is 15.5 Å². The van der Waals surface area contributed by atoms with Crippen molar-refractivity contribution in [3.05, 3.63) is 57.8 Å². The number of halogens is 1. The van der Waals surface area contributed by atoms with Crippen molar-refractivity contribution in [2.75, 3.05) is 26.7 Å². The van der Waals surface area contributed by atoms with Crippen molar-refractivity contribution < 1.29 is 0 Å². The Morgan fingerprint density at radius 2 is 2.07 bits per heavy atom. The summed E-state index contributed by atoms with van der Waals surface area (Å²) < 4.78 is 0. The van der Waals surface area contributed by atoms with Crippen LogP contribution < -0.4 is 10.6 Å². The molecule has 0 radical (unpaired) electrons. The number of hydrogen-bond donors (Lipinski definition) is 2. The van der Waals surface area contributed by atoms with Crippen LogP contribution in [0.3, 0.4) is 0 Å². The van der Waals surface area contributed by atoms with E-state index in [1.807, 2.05) is 18.4 Å². The second kappa shape index (κ2) is 11.7. The van der Waals surface area contributed by atoms with Gasteiger partial charge in [0.05, 0.1) is 0 Å². The van der Waals surface area contributed by atoms with Crippen LogP contribution in [0, 0.1) is 12.8 Å². The molecule has 0 saturated carbocycles. The second-order valence-corrected chi connectivity index (χ2v) is 8.09. The molecule has 1 atom stereocenters. The quantitative estimate of drug-likeness (QED) is 0.356. The highest BCUT2D eigenvalue weighted by atomic mass is 127. The van der Waals surface area contributed by atoms with Gasteiger partial charge in [0.15, 0.2) is 5.96 Å². The molecule has 1 saturated heterocycles. The van der Waals surface area contributed by atoms with Crippen LogP contribution in [0.2, 0.25) is 0 Å². The highest BCUT2D eigenvalue weighted by Gasteiger charge is 2.20. The molecule has 0 spiro atoms. The molecular formula is C21H31IN4S. The van der Waals surface area contributed by atoms with Gasteiger partial charge in [0.25, 0.3) is 0 Å². The fourth-order valence-electron chi connectivity index (χ4n) is 3.53. The van der Waals surface area contributed by atoms with Crippen LogP contribution in [0.4, 0.5) is 0 Å². The summed E-state index contributed by atoms with van der Waals surface area (Å²) in [5.41, 5.74) is 2.63. The Morgan fingerprint density at radius 3 is 2.81 bits per heavy atom. The summed E-state index contributed by atoms with van der Waals surface area (Å²) in [5.74, 6) is 1.57. The Balaban J connectivity index is 0.00000261. The molecule has 148 valence electrons. The van der Waals surface area contributed by atoms with Crippen molar-refractivity contribution in [1.29, 1.82) is 0 Å². The van der Waals surface area contributed by atoms with E-state index in [0.29, 0.717) is 5.92 Å². The van der Waals surface area contributed by atoms with Crippen molar-refractivity contribution in [2.24, 2.45) is 10.9 Å². The number of hydrogen-bond acceptors (Lipinski definition) is 3. The first-order valence-electron chi connectivity index (χ1n) is 9.48. The van der Waals surface area contributed by atoms with Crippen LogP contribution in [0.5, 0.6) is 0 Å². The number of piperidine rings is 1. The standard InChI is InChI=1S/C21H30N4S.HI/c1-17-7-3-4-9-19(17)14-24-21(22-2)23-13-18-8-5-11-25(15-18)16-20-10-6-12-26-20;/h3-4,6-7,9-10,12,18H,5,8,11,13-16H2,1-2H3,(H2,22,23,24);1H. The van der Waals surface area contributed by atoms with Gasteiger partial charge in [0.1, 0.15) is 0 Å². The van der Waals surface area contributed by atoms with Crippen LogP contribution in [0.25, 0.3) is 0 Å². The topological polar surface area (TPSA) is 39.7 Å². The summed E-state index contributed by atoms with van der Waals surface area (Å²) in [6.07, 6.45) is 2.58. The molecular weight excluding hydrogens is 467 g/mol. The number of nitrogens with one attached hydrogen (secondary N) is 2. The lowest BCUT2D eigenvalue weighted by molar-refractivity contribution is 0.169. The maximum atomic E-state index is 4.38. The Morgan fingerprint density at radius 1 is 1.22 bits per heavy atom. The number of aliphatic imine (C=N–C) groups is 1. The molecule has 1 aromatic heterocycles. The number of likely N-dealkylation sites (tertiary alicyclic amines) is 1. The fraction of sp³-hybridized carbons (Fsp3) is 0.476. The zero-order valence-corrected chi connectivity index (χ0v) is 19.4. The Labute approximate surface area is 184 Å². The molecule has 1 aliphatic rings. The third-order valence-corrected chi connectivity index (χ3v) is 5.91. The van der Waals surface area contributed by atoms with E-state index in [0.717, 1.165) is 25.6 Å². The molecule has 1 fully saturated rings. The average molecular weight is 498 g/mol. The highest BCUT2D eigenvalue weighted by Crippen LogP contribution is 2.20.